The summed E-state index contributed by atoms with van der Waals surface area (Å²) in [5.41, 5.74) is 3.10. The van der Waals surface area contributed by atoms with Gasteiger partial charge in [-0.15, -0.1) is 10.2 Å². The Morgan fingerprint density at radius 1 is 1.03 bits per heavy atom. The van der Waals surface area contributed by atoms with Crippen LogP contribution in [0, 0.1) is 0 Å². The van der Waals surface area contributed by atoms with Crippen LogP contribution in [0.3, 0.4) is 0 Å². The average molecular weight is 536 g/mol. The Morgan fingerprint density at radius 2 is 1.87 bits per heavy atom. The van der Waals surface area contributed by atoms with Gasteiger partial charge in [-0.25, -0.2) is 4.79 Å². The van der Waals surface area contributed by atoms with E-state index < -0.39 is 12.1 Å². The molecule has 3 aromatic carbocycles. The summed E-state index contributed by atoms with van der Waals surface area (Å²) in [6, 6.07) is 20.6. The fourth-order valence-electron chi connectivity index (χ4n) is 3.61. The van der Waals surface area contributed by atoms with Gasteiger partial charge in [0.15, 0.2) is 0 Å². The average Bonchev–Trinajstić information content (AvgIpc) is 3.46. The quantitative estimate of drug-likeness (QED) is 0.209. The third kappa shape index (κ3) is 7.51. The zero-order valence-corrected chi connectivity index (χ0v) is 21.2. The highest BCUT2D eigenvalue weighted by molar-refractivity contribution is 6.31. The minimum atomic E-state index is -0.855. The third-order valence-electron chi connectivity index (χ3n) is 5.36. The highest BCUT2D eigenvalue weighted by Crippen LogP contribution is 2.28. The summed E-state index contributed by atoms with van der Waals surface area (Å²) in [6.45, 7) is 0.776. The van der Waals surface area contributed by atoms with Crippen LogP contribution in [0.15, 0.2) is 72.8 Å². The first-order valence-electron chi connectivity index (χ1n) is 11.7. The summed E-state index contributed by atoms with van der Waals surface area (Å²) in [5, 5.41) is 23.1. The first-order chi connectivity index (χ1) is 18.5. The first kappa shape index (κ1) is 26.6. The molecule has 1 atom stereocenters. The van der Waals surface area contributed by atoms with Crippen LogP contribution in [0.1, 0.15) is 17.2 Å². The van der Waals surface area contributed by atoms with Gasteiger partial charge >= 0.3 is 6.09 Å². The zero-order valence-electron chi connectivity index (χ0n) is 20.5. The van der Waals surface area contributed by atoms with Gasteiger partial charge in [0, 0.05) is 35.6 Å². The number of carbonyl (C=O) groups is 2. The Kier molecular flexibility index (Phi) is 9.22. The number of tetrazole rings is 1. The van der Waals surface area contributed by atoms with E-state index in [4.69, 9.17) is 21.1 Å². The molecule has 0 unspecified atom stereocenters. The number of aromatic nitrogens is 4. The third-order valence-corrected chi connectivity index (χ3v) is 5.58. The van der Waals surface area contributed by atoms with Crippen molar-refractivity contribution in [3.63, 3.8) is 0 Å². The highest BCUT2D eigenvalue weighted by atomic mass is 35.5. The van der Waals surface area contributed by atoms with Gasteiger partial charge in [0.25, 0.3) is 0 Å². The molecule has 196 valence electrons. The molecular weight excluding hydrogens is 510 g/mol. The van der Waals surface area contributed by atoms with Crippen molar-refractivity contribution in [1.29, 1.82) is 0 Å². The molecule has 0 fully saturated rings. The Morgan fingerprint density at radius 3 is 2.63 bits per heavy atom. The number of halogens is 1. The maximum atomic E-state index is 13.2. The van der Waals surface area contributed by atoms with Crippen LogP contribution in [-0.4, -0.2) is 52.9 Å². The molecule has 0 radical (unpaired) electrons. The molecule has 38 heavy (non-hydrogen) atoms. The van der Waals surface area contributed by atoms with E-state index >= 15 is 0 Å². The largest absolute Gasteiger partial charge is 0.444 e. The van der Waals surface area contributed by atoms with E-state index in [-0.39, 0.29) is 12.5 Å². The molecular formula is C26H26ClN7O4. The number of anilines is 2. The lowest BCUT2D eigenvalue weighted by Crippen LogP contribution is -2.35. The molecule has 0 spiro atoms. The number of rotatable bonds is 11. The second-order valence-corrected chi connectivity index (χ2v) is 8.57. The van der Waals surface area contributed by atoms with Crippen molar-refractivity contribution in [2.24, 2.45) is 0 Å². The Labute approximate surface area is 223 Å². The van der Waals surface area contributed by atoms with Gasteiger partial charge in [-0.05, 0) is 46.7 Å². The number of hydrogen-bond acceptors (Lipinski definition) is 8. The first-order valence-corrected chi connectivity index (χ1v) is 12.0. The fourth-order valence-corrected chi connectivity index (χ4v) is 3.85. The van der Waals surface area contributed by atoms with E-state index in [1.165, 1.54) is 0 Å². The lowest BCUT2D eigenvalue weighted by atomic mass is 10.0. The molecule has 1 aromatic heterocycles. The van der Waals surface area contributed by atoms with Crippen LogP contribution in [-0.2, 0) is 20.9 Å². The lowest BCUT2D eigenvalue weighted by molar-refractivity contribution is -0.122. The highest BCUT2D eigenvalue weighted by Gasteiger charge is 2.22. The van der Waals surface area contributed by atoms with Crippen molar-refractivity contribution in [2.45, 2.75) is 12.6 Å². The number of carbonyl (C=O) groups excluding carboxylic acids is 2. The maximum absolute atomic E-state index is 13.2. The van der Waals surface area contributed by atoms with E-state index in [1.54, 1.807) is 31.4 Å². The van der Waals surface area contributed by atoms with Gasteiger partial charge in [-0.1, -0.05) is 54.1 Å². The smallest absolute Gasteiger partial charge is 0.411 e. The van der Waals surface area contributed by atoms with Gasteiger partial charge in [0.1, 0.15) is 12.6 Å². The van der Waals surface area contributed by atoms with Gasteiger partial charge in [0.2, 0.25) is 11.7 Å². The van der Waals surface area contributed by atoms with Crippen molar-refractivity contribution >= 4 is 35.0 Å². The molecule has 0 saturated heterocycles. The van der Waals surface area contributed by atoms with E-state index in [1.807, 2.05) is 48.5 Å². The molecule has 4 N–H and O–H groups in total. The Balaban J connectivity index is 1.54. The summed E-state index contributed by atoms with van der Waals surface area (Å²) < 4.78 is 10.4. The van der Waals surface area contributed by atoms with Crippen LogP contribution in [0.25, 0.3) is 11.4 Å². The van der Waals surface area contributed by atoms with Crippen LogP contribution < -0.4 is 16.0 Å². The Bertz CT molecular complexity index is 1350. The molecule has 0 aliphatic rings. The molecule has 0 aliphatic carbocycles. The van der Waals surface area contributed by atoms with E-state index in [0.717, 1.165) is 5.56 Å². The van der Waals surface area contributed by atoms with Crippen molar-refractivity contribution < 1.29 is 19.1 Å². The SMILES string of the molecule is COCCNC(=O)[C@H](Nc1cccc(-c2nn[nH]n2)c1)c1cc(Cl)cc(NC(=O)OCc2ccccc2)c1. The van der Waals surface area contributed by atoms with Gasteiger partial charge in [-0.3, -0.25) is 10.1 Å². The zero-order chi connectivity index (χ0) is 26.7. The minimum absolute atomic E-state index is 0.114. The lowest BCUT2D eigenvalue weighted by Gasteiger charge is -2.21. The van der Waals surface area contributed by atoms with Crippen LogP contribution in [0.4, 0.5) is 16.2 Å². The summed E-state index contributed by atoms with van der Waals surface area (Å²) in [4.78, 5) is 25.6. The number of H-pyrrole nitrogens is 1. The van der Waals surface area contributed by atoms with Gasteiger partial charge in [0.05, 0.1) is 6.61 Å². The second kappa shape index (κ2) is 13.2. The number of ether oxygens (including phenoxy) is 2. The predicted molar refractivity (Wildman–Crippen MR) is 143 cm³/mol. The standard InChI is InChI=1S/C26H26ClN7O4/c1-37-11-10-28-25(35)23(29-21-9-5-8-18(13-21)24-31-33-34-32-24)19-12-20(27)15-22(14-19)30-26(36)38-16-17-6-3-2-4-7-17/h2-9,12-15,23,29H,10-11,16H2,1H3,(H,28,35)(H,30,36)(H,31,32,33,34)/t23-/m1/s1. The number of nitrogens with one attached hydrogen (secondary N) is 4. The van der Waals surface area contributed by atoms with E-state index in [9.17, 15) is 9.59 Å². The number of methoxy groups -OCH3 is 1. The molecule has 4 rings (SSSR count). The summed E-state index contributed by atoms with van der Waals surface area (Å²) in [6.07, 6.45) is -0.649. The number of nitrogens with zero attached hydrogens (tertiary/aromatic N) is 3. The minimum Gasteiger partial charge on any atom is -0.444 e. The van der Waals surface area contributed by atoms with E-state index in [2.05, 4.69) is 36.6 Å². The normalized spacial score (nSPS) is 11.4. The maximum Gasteiger partial charge on any atom is 0.411 e. The van der Waals surface area contributed by atoms with Gasteiger partial charge < -0.3 is 20.1 Å². The van der Waals surface area contributed by atoms with Crippen molar-refractivity contribution in [2.75, 3.05) is 30.9 Å². The number of aromatic amines is 1. The van der Waals surface area contributed by atoms with Crippen LogP contribution in [0.5, 0.6) is 0 Å². The monoisotopic (exact) mass is 535 g/mol. The second-order valence-electron chi connectivity index (χ2n) is 8.14. The molecule has 1 heterocycles. The van der Waals surface area contributed by atoms with Crippen molar-refractivity contribution in [3.8, 4) is 11.4 Å². The number of hydrogen-bond donors (Lipinski definition) is 4. The molecule has 0 saturated carbocycles. The van der Waals surface area contributed by atoms with Gasteiger partial charge in [-0.2, -0.15) is 5.21 Å². The summed E-state index contributed by atoms with van der Waals surface area (Å²) in [5.74, 6) is 0.102. The summed E-state index contributed by atoms with van der Waals surface area (Å²) >= 11 is 6.38. The fraction of sp³-hybridized carbons (Fsp3) is 0.192. The molecule has 0 aliphatic heterocycles. The van der Waals surface area contributed by atoms with Crippen molar-refractivity contribution in [3.05, 3.63) is 88.9 Å². The van der Waals surface area contributed by atoms with E-state index in [0.29, 0.717) is 46.5 Å². The number of benzene rings is 3. The number of amides is 2. The molecule has 2 amide bonds. The molecule has 12 heteroatoms. The summed E-state index contributed by atoms with van der Waals surface area (Å²) in [7, 11) is 1.55. The topological polar surface area (TPSA) is 143 Å². The van der Waals surface area contributed by atoms with Crippen LogP contribution >= 0.6 is 11.6 Å². The molecule has 11 nitrogen and oxygen atoms in total. The predicted octanol–water partition coefficient (Wildman–Crippen LogP) is 4.18. The molecule has 0 bridgehead atoms. The Hall–Kier alpha value is -4.48. The molecule has 4 aromatic rings. The van der Waals surface area contributed by atoms with Crippen molar-refractivity contribution in [1.82, 2.24) is 25.9 Å². The van der Waals surface area contributed by atoms with Crippen LogP contribution in [0.2, 0.25) is 5.02 Å².